The molecule has 0 saturated carbocycles. The Balaban J connectivity index is 3.34. The summed E-state index contributed by atoms with van der Waals surface area (Å²) in [5.74, 6) is -3.45. The van der Waals surface area contributed by atoms with Crippen LogP contribution in [-0.4, -0.2) is 55.2 Å². The molecule has 11 heteroatoms. The highest BCUT2D eigenvalue weighted by molar-refractivity contribution is 5.76. The molecule has 1 rings (SSSR count). The van der Waals surface area contributed by atoms with Crippen molar-refractivity contribution in [3.63, 3.8) is 0 Å². The summed E-state index contributed by atoms with van der Waals surface area (Å²) in [7, 11) is 0. The number of nitrogens with two attached hydrogens (primary N) is 1. The third-order valence-electron chi connectivity index (χ3n) is 4.96. The molecule has 0 radical (unpaired) electrons. The summed E-state index contributed by atoms with van der Waals surface area (Å²) < 4.78 is 25.6. The summed E-state index contributed by atoms with van der Waals surface area (Å²) in [6.45, 7) is 10.5. The van der Waals surface area contributed by atoms with Gasteiger partial charge in [0.25, 0.3) is 0 Å². The standard InChI is InChI=1S/C25H37NO10/c1-7-11-32-23(30)35-17-10-9-16(13-18(17)36-24(31)33-12-8-2)19(20(26)21(27)28)15(3)14-34-22(29)25(4,5)6/h9-10,13,15,19-20H,7-8,11-12,14,26H2,1-6H3,(H,27,28)/t15?,19?,20-/m0/s1. The average Bonchev–Trinajstić information content (AvgIpc) is 2.80. The molecule has 3 atom stereocenters. The number of aliphatic carboxylic acids is 1. The summed E-state index contributed by atoms with van der Waals surface area (Å²) in [5, 5.41) is 9.61. The maximum atomic E-state index is 12.2. The van der Waals surface area contributed by atoms with E-state index in [-0.39, 0.29) is 31.3 Å². The number of carboxylic acid groups (broad SMARTS) is 1. The first kappa shape index (κ1) is 30.7. The molecule has 0 amide bonds. The number of ether oxygens (including phenoxy) is 5. The van der Waals surface area contributed by atoms with Crippen LogP contribution in [0.25, 0.3) is 0 Å². The lowest BCUT2D eigenvalue weighted by atomic mass is 9.82. The molecule has 0 spiro atoms. The summed E-state index contributed by atoms with van der Waals surface area (Å²) >= 11 is 0. The zero-order chi connectivity index (χ0) is 27.5. The molecular weight excluding hydrogens is 474 g/mol. The molecule has 0 aliphatic carbocycles. The number of hydrogen-bond acceptors (Lipinski definition) is 10. The Morgan fingerprint density at radius 2 is 1.44 bits per heavy atom. The van der Waals surface area contributed by atoms with Crippen LogP contribution < -0.4 is 15.2 Å². The van der Waals surface area contributed by atoms with Gasteiger partial charge in [-0.3, -0.25) is 9.59 Å². The maximum Gasteiger partial charge on any atom is 0.513 e. The summed E-state index contributed by atoms with van der Waals surface area (Å²) in [4.78, 5) is 48.1. The van der Waals surface area contributed by atoms with E-state index in [0.717, 1.165) is 0 Å². The van der Waals surface area contributed by atoms with Crippen LogP contribution in [0.3, 0.4) is 0 Å². The third-order valence-corrected chi connectivity index (χ3v) is 4.96. The molecule has 2 unspecified atom stereocenters. The van der Waals surface area contributed by atoms with Gasteiger partial charge in [0.1, 0.15) is 6.04 Å². The Bertz CT molecular complexity index is 909. The third kappa shape index (κ3) is 9.73. The SMILES string of the molecule is CCCOC(=O)Oc1ccc(C(C(C)COC(=O)C(C)(C)C)[C@H](N)C(=O)O)cc1OC(=O)OCCC. The highest BCUT2D eigenvalue weighted by atomic mass is 16.7. The molecule has 202 valence electrons. The van der Waals surface area contributed by atoms with Gasteiger partial charge >= 0.3 is 24.2 Å². The second-order valence-electron chi connectivity index (χ2n) is 9.32. The predicted octanol–water partition coefficient (Wildman–Crippen LogP) is 4.26. The molecule has 3 N–H and O–H groups in total. The zero-order valence-electron chi connectivity index (χ0n) is 21.7. The second-order valence-corrected chi connectivity index (χ2v) is 9.32. The average molecular weight is 512 g/mol. The maximum absolute atomic E-state index is 12.2. The minimum absolute atomic E-state index is 0.0991. The van der Waals surface area contributed by atoms with Crippen molar-refractivity contribution in [1.29, 1.82) is 0 Å². The number of carbonyl (C=O) groups excluding carboxylic acids is 3. The van der Waals surface area contributed by atoms with Crippen LogP contribution in [0.4, 0.5) is 9.59 Å². The second kappa shape index (κ2) is 14.3. The lowest BCUT2D eigenvalue weighted by molar-refractivity contribution is -0.154. The molecule has 0 aromatic heterocycles. The first-order chi connectivity index (χ1) is 16.8. The lowest BCUT2D eigenvalue weighted by Crippen LogP contribution is -2.41. The fourth-order valence-electron chi connectivity index (χ4n) is 3.08. The van der Waals surface area contributed by atoms with Gasteiger partial charge in [0, 0.05) is 5.92 Å². The van der Waals surface area contributed by atoms with Crippen molar-refractivity contribution >= 4 is 24.2 Å². The van der Waals surface area contributed by atoms with Crippen molar-refractivity contribution in [3.8, 4) is 11.5 Å². The number of carbonyl (C=O) groups is 4. The topological polar surface area (TPSA) is 161 Å². The molecule has 0 saturated heterocycles. The molecule has 0 bridgehead atoms. The Morgan fingerprint density at radius 3 is 1.92 bits per heavy atom. The minimum Gasteiger partial charge on any atom is -0.480 e. The van der Waals surface area contributed by atoms with E-state index in [9.17, 15) is 24.3 Å². The van der Waals surface area contributed by atoms with Crippen molar-refractivity contribution in [3.05, 3.63) is 23.8 Å². The smallest absolute Gasteiger partial charge is 0.480 e. The van der Waals surface area contributed by atoms with Crippen molar-refractivity contribution in [2.45, 2.75) is 66.3 Å². The summed E-state index contributed by atoms with van der Waals surface area (Å²) in [5.41, 5.74) is 5.62. The minimum atomic E-state index is -1.38. The molecular formula is C25H37NO10. The zero-order valence-corrected chi connectivity index (χ0v) is 21.7. The molecule has 0 heterocycles. The molecule has 0 aliphatic rings. The van der Waals surface area contributed by atoms with E-state index in [4.69, 9.17) is 29.4 Å². The van der Waals surface area contributed by atoms with Gasteiger partial charge in [-0.25, -0.2) is 9.59 Å². The van der Waals surface area contributed by atoms with Gasteiger partial charge in [0.2, 0.25) is 0 Å². The highest BCUT2D eigenvalue weighted by Crippen LogP contribution is 2.36. The molecule has 0 aliphatic heterocycles. The monoisotopic (exact) mass is 511 g/mol. The van der Waals surface area contributed by atoms with Crippen LogP contribution in [0.2, 0.25) is 0 Å². The number of esters is 1. The van der Waals surface area contributed by atoms with E-state index in [2.05, 4.69) is 0 Å². The van der Waals surface area contributed by atoms with Crippen molar-refractivity contribution < 1.29 is 48.0 Å². The van der Waals surface area contributed by atoms with Gasteiger partial charge in [-0.1, -0.05) is 26.8 Å². The molecule has 1 aromatic carbocycles. The van der Waals surface area contributed by atoms with Gasteiger partial charge in [0.05, 0.1) is 25.2 Å². The van der Waals surface area contributed by atoms with Gasteiger partial charge in [0.15, 0.2) is 11.5 Å². The largest absolute Gasteiger partial charge is 0.513 e. The van der Waals surface area contributed by atoms with E-state index >= 15 is 0 Å². The number of rotatable bonds is 12. The normalized spacial score (nSPS) is 13.6. The van der Waals surface area contributed by atoms with E-state index in [1.54, 1.807) is 34.6 Å². The van der Waals surface area contributed by atoms with Crippen LogP contribution in [0.15, 0.2) is 18.2 Å². The van der Waals surface area contributed by atoms with Crippen molar-refractivity contribution in [1.82, 2.24) is 0 Å². The van der Waals surface area contributed by atoms with E-state index in [1.165, 1.54) is 18.2 Å². The highest BCUT2D eigenvalue weighted by Gasteiger charge is 2.34. The quantitative estimate of drug-likeness (QED) is 0.234. The molecule has 11 nitrogen and oxygen atoms in total. The lowest BCUT2D eigenvalue weighted by Gasteiger charge is -2.29. The number of hydrogen-bond donors (Lipinski definition) is 2. The fourth-order valence-corrected chi connectivity index (χ4v) is 3.08. The van der Waals surface area contributed by atoms with E-state index < -0.39 is 47.5 Å². The molecule has 36 heavy (non-hydrogen) atoms. The van der Waals surface area contributed by atoms with Gasteiger partial charge in [-0.15, -0.1) is 0 Å². The predicted molar refractivity (Wildman–Crippen MR) is 129 cm³/mol. The first-order valence-electron chi connectivity index (χ1n) is 11.8. The van der Waals surface area contributed by atoms with Crippen LogP contribution in [0, 0.1) is 11.3 Å². The number of benzene rings is 1. The van der Waals surface area contributed by atoms with Crippen LogP contribution in [0.5, 0.6) is 11.5 Å². The van der Waals surface area contributed by atoms with E-state index in [0.29, 0.717) is 18.4 Å². The Hall–Kier alpha value is -3.34. The Morgan fingerprint density at radius 1 is 0.917 bits per heavy atom. The first-order valence-corrected chi connectivity index (χ1v) is 11.8. The van der Waals surface area contributed by atoms with Gasteiger partial charge in [-0.05, 0) is 57.2 Å². The van der Waals surface area contributed by atoms with Gasteiger partial charge in [-0.2, -0.15) is 0 Å². The summed E-state index contributed by atoms with van der Waals surface area (Å²) in [6.07, 6.45) is -0.903. The van der Waals surface area contributed by atoms with Crippen LogP contribution >= 0.6 is 0 Å². The number of carboxylic acids is 1. The Kier molecular flexibility index (Phi) is 12.2. The van der Waals surface area contributed by atoms with Gasteiger partial charge < -0.3 is 34.5 Å². The molecule has 1 aromatic rings. The van der Waals surface area contributed by atoms with Crippen LogP contribution in [0.1, 0.15) is 65.9 Å². The Labute approximate surface area is 211 Å². The molecule has 0 fully saturated rings. The van der Waals surface area contributed by atoms with E-state index in [1.807, 2.05) is 6.92 Å². The summed E-state index contributed by atoms with van der Waals surface area (Å²) in [6, 6.07) is 2.78. The van der Waals surface area contributed by atoms with Crippen molar-refractivity contribution in [2.24, 2.45) is 17.1 Å². The van der Waals surface area contributed by atoms with Crippen LogP contribution in [-0.2, 0) is 23.8 Å². The van der Waals surface area contributed by atoms with Crippen molar-refractivity contribution in [2.75, 3.05) is 19.8 Å². The fraction of sp³-hybridized carbons (Fsp3) is 0.600.